The Hall–Kier alpha value is -1.59. The molecule has 2 rings (SSSR count). The van der Waals surface area contributed by atoms with Crippen LogP contribution in [-0.4, -0.2) is 22.3 Å². The van der Waals surface area contributed by atoms with Gasteiger partial charge < -0.3 is 14.8 Å². The first kappa shape index (κ1) is 13.8. The highest BCUT2D eigenvalue weighted by atomic mass is 16.4. The van der Waals surface area contributed by atoms with E-state index in [0.29, 0.717) is 18.0 Å². The van der Waals surface area contributed by atoms with Crippen molar-refractivity contribution in [1.82, 2.24) is 9.88 Å². The lowest BCUT2D eigenvalue weighted by molar-refractivity contribution is 0.210. The number of hydrogen-bond donors (Lipinski definition) is 2. The summed E-state index contributed by atoms with van der Waals surface area (Å²) in [5.74, 6) is 0.0162. The second kappa shape index (κ2) is 5.59. The number of oxazole rings is 1. The lowest BCUT2D eigenvalue weighted by Gasteiger charge is -2.19. The maximum Gasteiger partial charge on any atom is 0.419 e. The average molecular weight is 264 g/mol. The summed E-state index contributed by atoms with van der Waals surface area (Å²) < 4.78 is 6.58. The summed E-state index contributed by atoms with van der Waals surface area (Å²) in [5.41, 5.74) is 2.44. The van der Waals surface area contributed by atoms with Gasteiger partial charge in [-0.25, -0.2) is 4.79 Å². The number of rotatable bonds is 5. The molecule has 1 heterocycles. The van der Waals surface area contributed by atoms with E-state index in [-0.39, 0.29) is 18.4 Å². The van der Waals surface area contributed by atoms with Gasteiger partial charge in [0.1, 0.15) is 0 Å². The Labute approximate surface area is 111 Å². The maximum absolute atomic E-state index is 11.4. The number of aromatic nitrogens is 1. The number of aliphatic hydroxyl groups excluding tert-OH is 1. The normalized spacial score (nSPS) is 13.3. The van der Waals surface area contributed by atoms with Gasteiger partial charge in [0.15, 0.2) is 5.58 Å². The molecule has 0 saturated carbocycles. The zero-order chi connectivity index (χ0) is 14.0. The molecular formula is C14H20N2O3. The third kappa shape index (κ3) is 2.88. The van der Waals surface area contributed by atoms with Crippen molar-refractivity contribution < 1.29 is 9.52 Å². The molecule has 5 heteroatoms. The molecule has 1 atom stereocenters. The summed E-state index contributed by atoms with van der Waals surface area (Å²) in [7, 11) is 1.69. The molecule has 0 saturated heterocycles. The number of aliphatic hydroxyl groups is 1. The smallest absolute Gasteiger partial charge is 0.408 e. The van der Waals surface area contributed by atoms with Crippen LogP contribution in [0.25, 0.3) is 11.1 Å². The van der Waals surface area contributed by atoms with Crippen molar-refractivity contribution >= 4 is 11.1 Å². The highest BCUT2D eigenvalue weighted by molar-refractivity contribution is 5.73. The molecule has 104 valence electrons. The lowest BCUT2D eigenvalue weighted by atomic mass is 10.1. The third-order valence-corrected chi connectivity index (χ3v) is 3.43. The van der Waals surface area contributed by atoms with Crippen LogP contribution in [0.3, 0.4) is 0 Å². The van der Waals surface area contributed by atoms with Crippen LogP contribution in [-0.2, 0) is 13.6 Å². The topological polar surface area (TPSA) is 67.4 Å². The van der Waals surface area contributed by atoms with Crippen LogP contribution in [0.2, 0.25) is 0 Å². The van der Waals surface area contributed by atoms with Crippen molar-refractivity contribution in [3.05, 3.63) is 34.3 Å². The first-order chi connectivity index (χ1) is 9.02. The van der Waals surface area contributed by atoms with Crippen LogP contribution in [0.15, 0.2) is 27.4 Å². The van der Waals surface area contributed by atoms with Gasteiger partial charge in [0.25, 0.3) is 0 Å². The number of benzene rings is 1. The van der Waals surface area contributed by atoms with E-state index >= 15 is 0 Å². The van der Waals surface area contributed by atoms with E-state index in [0.717, 1.165) is 11.1 Å². The summed E-state index contributed by atoms with van der Waals surface area (Å²) in [6, 6.07) is 5.73. The Balaban J connectivity index is 2.17. The molecule has 2 N–H and O–H groups in total. The third-order valence-electron chi connectivity index (χ3n) is 3.43. The second-order valence-electron chi connectivity index (χ2n) is 5.14. The highest BCUT2D eigenvalue weighted by Crippen LogP contribution is 2.14. The number of nitrogens with one attached hydrogen (secondary N) is 1. The highest BCUT2D eigenvalue weighted by Gasteiger charge is 2.12. The van der Waals surface area contributed by atoms with Crippen LogP contribution in [0.4, 0.5) is 0 Å². The van der Waals surface area contributed by atoms with Crippen molar-refractivity contribution in [1.29, 1.82) is 0 Å². The van der Waals surface area contributed by atoms with Crippen molar-refractivity contribution in [2.75, 3.05) is 6.61 Å². The Bertz CT molecular complexity index is 613. The van der Waals surface area contributed by atoms with Gasteiger partial charge in [0.05, 0.1) is 12.1 Å². The van der Waals surface area contributed by atoms with E-state index < -0.39 is 0 Å². The molecular weight excluding hydrogens is 244 g/mol. The zero-order valence-corrected chi connectivity index (χ0v) is 11.5. The Morgan fingerprint density at radius 1 is 1.42 bits per heavy atom. The van der Waals surface area contributed by atoms with Crippen LogP contribution in [0.1, 0.15) is 19.4 Å². The SMILES string of the molecule is CC(C)C(CO)NCc1ccc2oc(=O)n(C)c2c1. The molecule has 1 aromatic heterocycles. The van der Waals surface area contributed by atoms with Gasteiger partial charge in [0, 0.05) is 19.6 Å². The molecule has 1 aromatic carbocycles. The molecule has 5 nitrogen and oxygen atoms in total. The minimum Gasteiger partial charge on any atom is -0.408 e. The molecule has 0 amide bonds. The molecule has 0 aliphatic heterocycles. The molecule has 19 heavy (non-hydrogen) atoms. The van der Waals surface area contributed by atoms with Gasteiger partial charge in [-0.3, -0.25) is 4.57 Å². The lowest BCUT2D eigenvalue weighted by Crippen LogP contribution is -2.36. The van der Waals surface area contributed by atoms with Gasteiger partial charge in [-0.2, -0.15) is 0 Å². The van der Waals surface area contributed by atoms with E-state index in [1.165, 1.54) is 4.57 Å². The largest absolute Gasteiger partial charge is 0.419 e. The maximum atomic E-state index is 11.4. The zero-order valence-electron chi connectivity index (χ0n) is 11.5. The van der Waals surface area contributed by atoms with E-state index in [4.69, 9.17) is 4.42 Å². The van der Waals surface area contributed by atoms with Crippen molar-refractivity contribution in [3.8, 4) is 0 Å². The molecule has 1 unspecified atom stereocenters. The van der Waals surface area contributed by atoms with Crippen molar-refractivity contribution in [2.24, 2.45) is 13.0 Å². The van der Waals surface area contributed by atoms with Gasteiger partial charge in [-0.15, -0.1) is 0 Å². The summed E-state index contributed by atoms with van der Waals surface area (Å²) in [5, 5.41) is 12.6. The molecule has 0 fully saturated rings. The summed E-state index contributed by atoms with van der Waals surface area (Å²) in [6.07, 6.45) is 0. The van der Waals surface area contributed by atoms with E-state index in [9.17, 15) is 9.90 Å². The first-order valence-electron chi connectivity index (χ1n) is 6.45. The fourth-order valence-electron chi connectivity index (χ4n) is 2.04. The van der Waals surface area contributed by atoms with Crippen molar-refractivity contribution in [2.45, 2.75) is 26.4 Å². The Morgan fingerprint density at radius 2 is 2.16 bits per heavy atom. The minimum atomic E-state index is -0.351. The average Bonchev–Trinajstić information content (AvgIpc) is 2.66. The van der Waals surface area contributed by atoms with E-state index in [1.54, 1.807) is 13.1 Å². The van der Waals surface area contributed by atoms with Crippen molar-refractivity contribution in [3.63, 3.8) is 0 Å². The number of aryl methyl sites for hydroxylation is 1. The van der Waals surface area contributed by atoms with Gasteiger partial charge in [0.2, 0.25) is 0 Å². The molecule has 2 aromatic rings. The van der Waals surface area contributed by atoms with E-state index in [1.807, 2.05) is 12.1 Å². The Morgan fingerprint density at radius 3 is 2.79 bits per heavy atom. The predicted octanol–water partition coefficient (Wildman–Crippen LogP) is 1.24. The summed E-state index contributed by atoms with van der Waals surface area (Å²) >= 11 is 0. The van der Waals surface area contributed by atoms with E-state index in [2.05, 4.69) is 19.2 Å². The molecule has 0 spiro atoms. The Kier molecular flexibility index (Phi) is 4.07. The summed E-state index contributed by atoms with van der Waals surface area (Å²) in [6.45, 7) is 4.90. The minimum absolute atomic E-state index is 0.0730. The predicted molar refractivity (Wildman–Crippen MR) is 74.0 cm³/mol. The summed E-state index contributed by atoms with van der Waals surface area (Å²) in [4.78, 5) is 11.4. The van der Waals surface area contributed by atoms with Gasteiger partial charge in [-0.1, -0.05) is 19.9 Å². The number of fused-ring (bicyclic) bond motifs is 1. The monoisotopic (exact) mass is 264 g/mol. The molecule has 0 radical (unpaired) electrons. The van der Waals surface area contributed by atoms with Crippen LogP contribution >= 0.6 is 0 Å². The van der Waals surface area contributed by atoms with Crippen LogP contribution in [0, 0.1) is 5.92 Å². The fourth-order valence-corrected chi connectivity index (χ4v) is 2.04. The number of hydrogen-bond acceptors (Lipinski definition) is 4. The fraction of sp³-hybridized carbons (Fsp3) is 0.500. The number of nitrogens with zero attached hydrogens (tertiary/aromatic N) is 1. The first-order valence-corrected chi connectivity index (χ1v) is 6.45. The quantitative estimate of drug-likeness (QED) is 0.852. The van der Waals surface area contributed by atoms with Crippen LogP contribution < -0.4 is 11.1 Å². The molecule has 0 aliphatic carbocycles. The van der Waals surface area contributed by atoms with Gasteiger partial charge >= 0.3 is 5.76 Å². The molecule has 0 aliphatic rings. The van der Waals surface area contributed by atoms with Gasteiger partial charge in [-0.05, 0) is 23.6 Å². The molecule has 0 bridgehead atoms. The standard InChI is InChI=1S/C14H20N2O3/c1-9(2)11(8-17)15-7-10-4-5-13-12(6-10)16(3)14(18)19-13/h4-6,9,11,15,17H,7-8H2,1-3H3. The van der Waals surface area contributed by atoms with Crippen LogP contribution in [0.5, 0.6) is 0 Å². The second-order valence-corrected chi connectivity index (χ2v) is 5.14.